The van der Waals surface area contributed by atoms with Crippen LogP contribution in [0.4, 0.5) is 0 Å². The van der Waals surface area contributed by atoms with Crippen LogP contribution in [0.3, 0.4) is 0 Å². The van der Waals surface area contributed by atoms with E-state index in [4.69, 9.17) is 0 Å². The zero-order chi connectivity index (χ0) is 13.1. The zero-order valence-corrected chi connectivity index (χ0v) is 11.7. The van der Waals surface area contributed by atoms with Crippen LogP contribution in [0.25, 0.3) is 11.3 Å². The van der Waals surface area contributed by atoms with Crippen molar-refractivity contribution in [1.82, 2.24) is 4.98 Å². The van der Waals surface area contributed by atoms with Crippen molar-refractivity contribution in [1.29, 1.82) is 0 Å². The Morgan fingerprint density at radius 3 is 2.63 bits per heavy atom. The van der Waals surface area contributed by atoms with Gasteiger partial charge in [0.15, 0.2) is 5.78 Å². The third-order valence-corrected chi connectivity index (χ3v) is 4.49. The quantitative estimate of drug-likeness (QED) is 0.669. The topological polar surface area (TPSA) is 30.0 Å². The lowest BCUT2D eigenvalue weighted by molar-refractivity contribution is 0.0997. The molecule has 3 rings (SSSR count). The van der Waals surface area contributed by atoms with E-state index in [0.717, 1.165) is 21.1 Å². The van der Waals surface area contributed by atoms with Gasteiger partial charge in [0, 0.05) is 10.9 Å². The Morgan fingerprint density at radius 1 is 1.05 bits per heavy atom. The summed E-state index contributed by atoms with van der Waals surface area (Å²) in [7, 11) is 0. The maximum atomic E-state index is 12.0. The molecule has 2 nitrogen and oxygen atoms in total. The predicted molar refractivity (Wildman–Crippen MR) is 79.9 cm³/mol. The summed E-state index contributed by atoms with van der Waals surface area (Å²) in [6, 6.07) is 13.8. The largest absolute Gasteiger partial charge is 0.293 e. The molecule has 0 spiro atoms. The minimum Gasteiger partial charge on any atom is -0.293 e. The molecule has 0 saturated heterocycles. The van der Waals surface area contributed by atoms with Crippen LogP contribution in [0.5, 0.6) is 0 Å². The predicted octanol–water partition coefficient (Wildman–Crippen LogP) is 4.30. The van der Waals surface area contributed by atoms with E-state index in [0.29, 0.717) is 6.42 Å². The molecule has 0 bridgehead atoms. The van der Waals surface area contributed by atoms with E-state index < -0.39 is 0 Å². The summed E-state index contributed by atoms with van der Waals surface area (Å²) in [5, 5.41) is 4.80. The highest BCUT2D eigenvalue weighted by atomic mass is 32.1. The summed E-state index contributed by atoms with van der Waals surface area (Å²) in [5.41, 5.74) is 2.04. The Bertz CT molecular complexity index is 671. The summed E-state index contributed by atoms with van der Waals surface area (Å²) in [6.07, 6.45) is 0.387. The number of ketones is 1. The van der Waals surface area contributed by atoms with Gasteiger partial charge >= 0.3 is 0 Å². The number of carbonyl (C=O) groups is 1. The number of thiophene rings is 1. The lowest BCUT2D eigenvalue weighted by Crippen LogP contribution is -2.00. The Labute approximate surface area is 119 Å². The first-order valence-electron chi connectivity index (χ1n) is 5.89. The minimum absolute atomic E-state index is 0.143. The van der Waals surface area contributed by atoms with Crippen LogP contribution in [0.1, 0.15) is 14.7 Å². The van der Waals surface area contributed by atoms with Gasteiger partial charge in [-0.05, 0) is 11.4 Å². The van der Waals surface area contributed by atoms with E-state index in [1.54, 1.807) is 11.3 Å². The highest BCUT2D eigenvalue weighted by Crippen LogP contribution is 2.23. The molecule has 3 aromatic rings. The molecule has 2 heterocycles. The van der Waals surface area contributed by atoms with E-state index >= 15 is 0 Å². The number of hydrogen-bond acceptors (Lipinski definition) is 4. The van der Waals surface area contributed by atoms with E-state index in [1.165, 1.54) is 11.3 Å². The lowest BCUT2D eigenvalue weighted by atomic mass is 10.2. The molecule has 0 atom stereocenters. The summed E-state index contributed by atoms with van der Waals surface area (Å²) < 4.78 is 0. The molecule has 0 aliphatic carbocycles. The number of aromatic nitrogens is 1. The van der Waals surface area contributed by atoms with Gasteiger partial charge in [0.05, 0.1) is 17.0 Å². The van der Waals surface area contributed by atoms with Crippen molar-refractivity contribution in [2.45, 2.75) is 6.42 Å². The van der Waals surface area contributed by atoms with Crippen molar-refractivity contribution >= 4 is 28.5 Å². The Kier molecular flexibility index (Phi) is 3.53. The average Bonchev–Trinajstić information content (AvgIpc) is 3.11. The molecule has 0 fully saturated rings. The molecule has 1 aromatic carbocycles. The number of thiazole rings is 1. The summed E-state index contributed by atoms with van der Waals surface area (Å²) >= 11 is 3.02. The van der Waals surface area contributed by atoms with Gasteiger partial charge in [0.2, 0.25) is 0 Å². The standard InChI is InChI=1S/C15H11NOS2/c17-13(14-7-4-8-18-14)9-15-16-12(10-19-15)11-5-2-1-3-6-11/h1-8,10H,9H2. The van der Waals surface area contributed by atoms with Crippen molar-refractivity contribution in [3.05, 3.63) is 63.1 Å². The second-order valence-electron chi connectivity index (χ2n) is 4.07. The highest BCUT2D eigenvalue weighted by molar-refractivity contribution is 7.12. The van der Waals surface area contributed by atoms with Gasteiger partial charge in [-0.15, -0.1) is 22.7 Å². The summed E-state index contributed by atoms with van der Waals surface area (Å²) in [4.78, 5) is 17.3. The van der Waals surface area contributed by atoms with Gasteiger partial charge in [-0.25, -0.2) is 4.98 Å². The maximum Gasteiger partial charge on any atom is 0.179 e. The van der Waals surface area contributed by atoms with Gasteiger partial charge in [-0.2, -0.15) is 0 Å². The van der Waals surface area contributed by atoms with Gasteiger partial charge in [-0.1, -0.05) is 36.4 Å². The molecule has 0 radical (unpaired) electrons. The first-order chi connectivity index (χ1) is 9.33. The lowest BCUT2D eigenvalue weighted by Gasteiger charge is -1.95. The van der Waals surface area contributed by atoms with Crippen LogP contribution in [-0.4, -0.2) is 10.8 Å². The molecule has 94 valence electrons. The summed E-state index contributed by atoms with van der Waals surface area (Å²) in [5.74, 6) is 0.143. The zero-order valence-electron chi connectivity index (χ0n) is 10.1. The van der Waals surface area contributed by atoms with Crippen LogP contribution < -0.4 is 0 Å². The van der Waals surface area contributed by atoms with Crippen LogP contribution in [-0.2, 0) is 6.42 Å². The van der Waals surface area contributed by atoms with Crippen LogP contribution >= 0.6 is 22.7 Å². The van der Waals surface area contributed by atoms with Crippen LogP contribution in [0.2, 0.25) is 0 Å². The Morgan fingerprint density at radius 2 is 1.89 bits per heavy atom. The number of carbonyl (C=O) groups excluding carboxylic acids is 1. The van der Waals surface area contributed by atoms with Crippen LogP contribution in [0.15, 0.2) is 53.2 Å². The van der Waals surface area contributed by atoms with Gasteiger partial charge in [0.1, 0.15) is 5.01 Å². The first kappa shape index (κ1) is 12.3. The number of rotatable bonds is 4. The Balaban J connectivity index is 1.77. The molecule has 4 heteroatoms. The van der Waals surface area contributed by atoms with Crippen molar-refractivity contribution in [3.8, 4) is 11.3 Å². The second-order valence-corrected chi connectivity index (χ2v) is 5.96. The normalized spacial score (nSPS) is 10.5. The second kappa shape index (κ2) is 5.47. The van der Waals surface area contributed by atoms with E-state index in [2.05, 4.69) is 4.98 Å². The first-order valence-corrected chi connectivity index (χ1v) is 7.65. The molecule has 19 heavy (non-hydrogen) atoms. The Hall–Kier alpha value is -1.78. The fourth-order valence-electron chi connectivity index (χ4n) is 1.80. The van der Waals surface area contributed by atoms with Crippen molar-refractivity contribution in [3.63, 3.8) is 0 Å². The van der Waals surface area contributed by atoms with Gasteiger partial charge in [0.25, 0.3) is 0 Å². The SMILES string of the molecule is O=C(Cc1nc(-c2ccccc2)cs1)c1cccs1. The average molecular weight is 285 g/mol. The van der Waals surface area contributed by atoms with Crippen molar-refractivity contribution < 1.29 is 4.79 Å². The highest BCUT2D eigenvalue weighted by Gasteiger charge is 2.11. The van der Waals surface area contributed by atoms with E-state index in [-0.39, 0.29) is 5.78 Å². The molecule has 0 amide bonds. The third kappa shape index (κ3) is 2.80. The van der Waals surface area contributed by atoms with Gasteiger partial charge in [-0.3, -0.25) is 4.79 Å². The van der Waals surface area contributed by atoms with Gasteiger partial charge < -0.3 is 0 Å². The molecule has 0 aliphatic rings. The molecule has 0 unspecified atom stereocenters. The van der Waals surface area contributed by atoms with E-state index in [1.807, 2.05) is 53.2 Å². The van der Waals surface area contributed by atoms with Crippen molar-refractivity contribution in [2.75, 3.05) is 0 Å². The molecule has 2 aromatic heterocycles. The third-order valence-electron chi connectivity index (χ3n) is 2.73. The molecular formula is C15H11NOS2. The number of hydrogen-bond donors (Lipinski definition) is 0. The number of benzene rings is 1. The fraction of sp³-hybridized carbons (Fsp3) is 0.0667. The maximum absolute atomic E-state index is 12.0. The van der Waals surface area contributed by atoms with E-state index in [9.17, 15) is 4.79 Å². The smallest absolute Gasteiger partial charge is 0.179 e. The minimum atomic E-state index is 0.143. The monoisotopic (exact) mass is 285 g/mol. The molecule has 0 saturated carbocycles. The fourth-order valence-corrected chi connectivity index (χ4v) is 3.26. The van der Waals surface area contributed by atoms with Crippen LogP contribution in [0, 0.1) is 0 Å². The number of Topliss-reactive ketones (excluding diaryl/α,β-unsaturated/α-hetero) is 1. The molecular weight excluding hydrogens is 274 g/mol. The molecule has 0 aliphatic heterocycles. The number of nitrogens with zero attached hydrogens (tertiary/aromatic N) is 1. The summed E-state index contributed by atoms with van der Waals surface area (Å²) in [6.45, 7) is 0. The van der Waals surface area contributed by atoms with Crippen molar-refractivity contribution in [2.24, 2.45) is 0 Å². The molecule has 0 N–H and O–H groups in total.